The number of nitrogens with zero attached hydrogens (tertiary/aromatic N) is 1. The molecule has 1 aliphatic rings. The minimum Gasteiger partial charge on any atom is -0.329 e. The summed E-state index contributed by atoms with van der Waals surface area (Å²) in [6.07, 6.45) is 0.587. The molecule has 1 heterocycles. The summed E-state index contributed by atoms with van der Waals surface area (Å²) in [7, 11) is 0. The number of urea groups is 1. The third-order valence-electron chi connectivity index (χ3n) is 2.93. The molecule has 0 saturated carbocycles. The van der Waals surface area contributed by atoms with Gasteiger partial charge in [-0.3, -0.25) is 14.5 Å². The third kappa shape index (κ3) is 4.09. The van der Waals surface area contributed by atoms with Crippen LogP contribution in [-0.2, 0) is 9.59 Å². The van der Waals surface area contributed by atoms with Crippen LogP contribution in [0, 0.1) is 0 Å². The third-order valence-corrected chi connectivity index (χ3v) is 3.66. The molecule has 0 aromatic heterocycles. The van der Waals surface area contributed by atoms with E-state index in [4.69, 9.17) is 23.2 Å². The second kappa shape index (κ2) is 6.78. The van der Waals surface area contributed by atoms with Crippen LogP contribution in [0.5, 0.6) is 0 Å². The molecule has 2 N–H and O–H groups in total. The van der Waals surface area contributed by atoms with Gasteiger partial charge < -0.3 is 10.6 Å². The lowest BCUT2D eigenvalue weighted by Gasteiger charge is -2.12. The zero-order valence-corrected chi connectivity index (χ0v) is 12.5. The predicted molar refractivity (Wildman–Crippen MR) is 79.4 cm³/mol. The summed E-state index contributed by atoms with van der Waals surface area (Å²) in [5, 5.41) is 5.86. The Hall–Kier alpha value is -1.79. The van der Waals surface area contributed by atoms with Crippen LogP contribution in [0.15, 0.2) is 18.2 Å². The molecule has 6 nitrogen and oxygen atoms in total. The van der Waals surface area contributed by atoms with Gasteiger partial charge in [-0.25, -0.2) is 4.79 Å². The van der Waals surface area contributed by atoms with E-state index in [1.807, 2.05) is 0 Å². The van der Waals surface area contributed by atoms with E-state index < -0.39 is 6.03 Å². The highest BCUT2D eigenvalue weighted by molar-refractivity contribution is 6.42. The lowest BCUT2D eigenvalue weighted by Crippen LogP contribution is -2.32. The summed E-state index contributed by atoms with van der Waals surface area (Å²) < 4.78 is 0. The van der Waals surface area contributed by atoms with Gasteiger partial charge in [-0.15, -0.1) is 0 Å². The number of hydrogen-bond donors (Lipinski definition) is 2. The largest absolute Gasteiger partial charge is 0.329 e. The fourth-order valence-corrected chi connectivity index (χ4v) is 2.17. The van der Waals surface area contributed by atoms with Crippen molar-refractivity contribution < 1.29 is 14.4 Å². The average Bonchev–Trinajstić information content (AvgIpc) is 2.74. The standard InChI is InChI=1S/C13H13Cl2N3O3/c14-9-4-3-8(6-10(9)15)17-11(19)2-1-5-18-12(20)7-16-13(18)21/h3-4,6H,1-2,5,7H2,(H,16,21)(H,17,19). The molecule has 0 bridgehead atoms. The fraction of sp³-hybridized carbons (Fsp3) is 0.308. The van der Waals surface area contributed by atoms with Crippen LogP contribution in [0.1, 0.15) is 12.8 Å². The summed E-state index contributed by atoms with van der Waals surface area (Å²) in [6.45, 7) is 0.244. The smallest absolute Gasteiger partial charge is 0.324 e. The summed E-state index contributed by atoms with van der Waals surface area (Å²) >= 11 is 11.6. The molecule has 112 valence electrons. The number of halogens is 2. The summed E-state index contributed by atoms with van der Waals surface area (Å²) in [4.78, 5) is 35.5. The lowest BCUT2D eigenvalue weighted by molar-refractivity contribution is -0.125. The van der Waals surface area contributed by atoms with E-state index >= 15 is 0 Å². The molecule has 0 radical (unpaired) electrons. The first-order valence-electron chi connectivity index (χ1n) is 6.30. The molecule has 2 rings (SSSR count). The number of hydrogen-bond acceptors (Lipinski definition) is 3. The number of amides is 4. The molecule has 4 amide bonds. The van der Waals surface area contributed by atoms with Crippen LogP contribution >= 0.6 is 23.2 Å². The molecule has 0 aliphatic carbocycles. The molecule has 0 unspecified atom stereocenters. The summed E-state index contributed by atoms with van der Waals surface area (Å²) in [5.74, 6) is -0.495. The van der Waals surface area contributed by atoms with Crippen LogP contribution in [-0.4, -0.2) is 35.8 Å². The monoisotopic (exact) mass is 329 g/mol. The molecule has 1 aliphatic heterocycles. The van der Waals surface area contributed by atoms with Gasteiger partial charge in [0.25, 0.3) is 0 Å². The summed E-state index contributed by atoms with van der Waals surface area (Å²) in [6, 6.07) is 4.38. The van der Waals surface area contributed by atoms with E-state index in [1.165, 1.54) is 0 Å². The molecular weight excluding hydrogens is 317 g/mol. The van der Waals surface area contributed by atoms with Crippen molar-refractivity contribution in [1.82, 2.24) is 10.2 Å². The number of imide groups is 1. The Morgan fingerprint density at radius 2 is 2.05 bits per heavy atom. The van der Waals surface area contributed by atoms with Crippen molar-refractivity contribution in [3.05, 3.63) is 28.2 Å². The highest BCUT2D eigenvalue weighted by Crippen LogP contribution is 2.25. The first kappa shape index (κ1) is 15.6. The van der Waals surface area contributed by atoms with E-state index in [-0.39, 0.29) is 31.3 Å². The Labute approximate surface area is 131 Å². The quantitative estimate of drug-likeness (QED) is 0.813. The zero-order chi connectivity index (χ0) is 15.4. The maximum Gasteiger partial charge on any atom is 0.324 e. The van der Waals surface area contributed by atoms with E-state index in [0.29, 0.717) is 22.2 Å². The SMILES string of the molecule is O=C(CCCN1C(=O)CNC1=O)Nc1ccc(Cl)c(Cl)c1. The molecule has 1 aromatic carbocycles. The number of nitrogens with one attached hydrogen (secondary N) is 2. The highest BCUT2D eigenvalue weighted by atomic mass is 35.5. The van der Waals surface area contributed by atoms with Crippen molar-refractivity contribution in [2.24, 2.45) is 0 Å². The highest BCUT2D eigenvalue weighted by Gasteiger charge is 2.27. The Bertz CT molecular complexity index is 576. The van der Waals surface area contributed by atoms with Gasteiger partial charge in [-0.1, -0.05) is 23.2 Å². The van der Waals surface area contributed by atoms with Crippen molar-refractivity contribution in [3.8, 4) is 0 Å². The van der Waals surface area contributed by atoms with Crippen molar-refractivity contribution in [2.75, 3.05) is 18.4 Å². The van der Waals surface area contributed by atoms with Gasteiger partial charge >= 0.3 is 6.03 Å². The number of benzene rings is 1. The molecule has 8 heteroatoms. The average molecular weight is 330 g/mol. The van der Waals surface area contributed by atoms with Gasteiger partial charge in [0.2, 0.25) is 11.8 Å². The van der Waals surface area contributed by atoms with Crippen molar-refractivity contribution >= 4 is 46.7 Å². The first-order valence-corrected chi connectivity index (χ1v) is 7.06. The van der Waals surface area contributed by atoms with Crippen LogP contribution in [0.3, 0.4) is 0 Å². The van der Waals surface area contributed by atoms with Crippen LogP contribution < -0.4 is 10.6 Å². The van der Waals surface area contributed by atoms with Gasteiger partial charge in [0, 0.05) is 18.7 Å². The second-order valence-corrected chi connectivity index (χ2v) is 5.30. The Balaban J connectivity index is 1.78. The predicted octanol–water partition coefficient (Wildman–Crippen LogP) is 2.26. The number of anilines is 1. The normalized spacial score (nSPS) is 14.3. The number of carbonyl (C=O) groups excluding carboxylic acids is 3. The van der Waals surface area contributed by atoms with Crippen LogP contribution in [0.2, 0.25) is 10.0 Å². The minimum absolute atomic E-state index is 0.0221. The topological polar surface area (TPSA) is 78.5 Å². The molecule has 0 atom stereocenters. The molecule has 1 aromatic rings. The van der Waals surface area contributed by atoms with E-state index in [1.54, 1.807) is 18.2 Å². The van der Waals surface area contributed by atoms with E-state index in [2.05, 4.69) is 10.6 Å². The van der Waals surface area contributed by atoms with E-state index in [0.717, 1.165) is 4.90 Å². The van der Waals surface area contributed by atoms with Crippen molar-refractivity contribution in [3.63, 3.8) is 0 Å². The Kier molecular flexibility index (Phi) is 5.03. The maximum absolute atomic E-state index is 11.8. The van der Waals surface area contributed by atoms with Crippen LogP contribution in [0.4, 0.5) is 10.5 Å². The molecular formula is C13H13Cl2N3O3. The van der Waals surface area contributed by atoms with Crippen molar-refractivity contribution in [2.45, 2.75) is 12.8 Å². The Morgan fingerprint density at radius 3 is 2.67 bits per heavy atom. The fourth-order valence-electron chi connectivity index (χ4n) is 1.88. The van der Waals surface area contributed by atoms with Crippen molar-refractivity contribution in [1.29, 1.82) is 0 Å². The lowest BCUT2D eigenvalue weighted by atomic mass is 10.2. The second-order valence-electron chi connectivity index (χ2n) is 4.48. The minimum atomic E-state index is -0.412. The molecule has 1 saturated heterocycles. The molecule has 21 heavy (non-hydrogen) atoms. The van der Waals surface area contributed by atoms with Gasteiger partial charge in [0.1, 0.15) is 0 Å². The first-order chi connectivity index (χ1) is 9.97. The van der Waals surface area contributed by atoms with Gasteiger partial charge in [0.15, 0.2) is 0 Å². The summed E-state index contributed by atoms with van der Waals surface area (Å²) in [5.41, 5.74) is 0.546. The molecule has 1 fully saturated rings. The Morgan fingerprint density at radius 1 is 1.29 bits per heavy atom. The van der Waals surface area contributed by atoms with Crippen LogP contribution in [0.25, 0.3) is 0 Å². The van der Waals surface area contributed by atoms with Gasteiger partial charge in [0.05, 0.1) is 16.6 Å². The van der Waals surface area contributed by atoms with Gasteiger partial charge in [-0.2, -0.15) is 0 Å². The maximum atomic E-state index is 11.8. The zero-order valence-electron chi connectivity index (χ0n) is 11.0. The molecule has 0 spiro atoms. The van der Waals surface area contributed by atoms with E-state index in [9.17, 15) is 14.4 Å². The number of carbonyl (C=O) groups is 3. The number of rotatable bonds is 5. The van der Waals surface area contributed by atoms with Gasteiger partial charge in [-0.05, 0) is 24.6 Å².